The highest BCUT2D eigenvalue weighted by Crippen LogP contribution is 2.26. The van der Waals surface area contributed by atoms with E-state index in [4.69, 9.17) is 0 Å². The topological polar surface area (TPSA) is 49.8 Å². The van der Waals surface area contributed by atoms with Gasteiger partial charge in [0.05, 0.1) is 0 Å². The molecule has 0 aromatic carbocycles. The average Bonchev–Trinajstić information content (AvgIpc) is 2.34. The van der Waals surface area contributed by atoms with E-state index in [0.717, 1.165) is 49.3 Å². The normalized spacial score (nSPS) is 15.2. The fourth-order valence-electron chi connectivity index (χ4n) is 2.04. The Bertz CT molecular complexity index is 374. The van der Waals surface area contributed by atoms with Gasteiger partial charge in [0.1, 0.15) is 17.5 Å². The van der Waals surface area contributed by atoms with Crippen molar-refractivity contribution in [3.8, 4) is 0 Å². The molecule has 1 aromatic rings. The van der Waals surface area contributed by atoms with Crippen molar-refractivity contribution >= 4 is 11.6 Å². The largest absolute Gasteiger partial charge is 0.370 e. The van der Waals surface area contributed by atoms with Crippen LogP contribution in [0, 0.1) is 5.92 Å². The van der Waals surface area contributed by atoms with Gasteiger partial charge in [0, 0.05) is 25.6 Å². The minimum absolute atomic E-state index is 0.845. The molecule has 4 heteroatoms. The number of aryl methyl sites for hydroxylation is 1. The van der Waals surface area contributed by atoms with Crippen LogP contribution in [-0.2, 0) is 6.42 Å². The highest BCUT2D eigenvalue weighted by atomic mass is 15.1. The van der Waals surface area contributed by atoms with Crippen LogP contribution in [0.5, 0.6) is 0 Å². The Morgan fingerprint density at radius 1 is 1.17 bits per heavy atom. The summed E-state index contributed by atoms with van der Waals surface area (Å²) in [5.41, 5.74) is 0. The first-order valence-corrected chi connectivity index (χ1v) is 7.17. The Morgan fingerprint density at radius 2 is 1.89 bits per heavy atom. The number of anilines is 2. The minimum Gasteiger partial charge on any atom is -0.370 e. The zero-order valence-electron chi connectivity index (χ0n) is 11.5. The summed E-state index contributed by atoms with van der Waals surface area (Å²) in [5.74, 6) is 3.66. The van der Waals surface area contributed by atoms with Gasteiger partial charge in [-0.15, -0.1) is 0 Å². The predicted octanol–water partition coefficient (Wildman–Crippen LogP) is 3.07. The Hall–Kier alpha value is -1.32. The molecule has 0 spiro atoms. The van der Waals surface area contributed by atoms with E-state index in [2.05, 4.69) is 34.4 Å². The maximum Gasteiger partial charge on any atom is 0.132 e. The van der Waals surface area contributed by atoms with Gasteiger partial charge < -0.3 is 10.6 Å². The van der Waals surface area contributed by atoms with Crippen molar-refractivity contribution < 1.29 is 0 Å². The monoisotopic (exact) mass is 248 g/mol. The molecule has 1 aliphatic rings. The maximum atomic E-state index is 4.53. The minimum atomic E-state index is 0.845. The Balaban J connectivity index is 1.97. The zero-order valence-corrected chi connectivity index (χ0v) is 11.5. The number of nitrogens with one attached hydrogen (secondary N) is 2. The Labute approximate surface area is 110 Å². The first kappa shape index (κ1) is 13.1. The lowest BCUT2D eigenvalue weighted by Gasteiger charge is -2.25. The number of hydrogen-bond acceptors (Lipinski definition) is 4. The molecular formula is C14H24N4. The van der Waals surface area contributed by atoms with Gasteiger partial charge >= 0.3 is 0 Å². The van der Waals surface area contributed by atoms with E-state index in [0.29, 0.717) is 0 Å². The van der Waals surface area contributed by atoms with E-state index in [1.165, 1.54) is 19.3 Å². The lowest BCUT2D eigenvalue weighted by Crippen LogP contribution is -2.21. The zero-order chi connectivity index (χ0) is 12.8. The van der Waals surface area contributed by atoms with E-state index in [1.54, 1.807) is 0 Å². The van der Waals surface area contributed by atoms with Gasteiger partial charge in [-0.1, -0.05) is 20.3 Å². The molecule has 2 N–H and O–H groups in total. The number of rotatable bonds is 7. The van der Waals surface area contributed by atoms with E-state index in [9.17, 15) is 0 Å². The van der Waals surface area contributed by atoms with E-state index in [-0.39, 0.29) is 0 Å². The van der Waals surface area contributed by atoms with Gasteiger partial charge in [0.15, 0.2) is 0 Å². The predicted molar refractivity (Wildman–Crippen MR) is 76.0 cm³/mol. The Morgan fingerprint density at radius 3 is 2.44 bits per heavy atom. The van der Waals surface area contributed by atoms with Crippen molar-refractivity contribution in [3.05, 3.63) is 11.9 Å². The summed E-state index contributed by atoms with van der Waals surface area (Å²) in [6.45, 7) is 6.26. The number of hydrogen-bond donors (Lipinski definition) is 2. The highest BCUT2D eigenvalue weighted by Gasteiger charge is 2.17. The maximum absolute atomic E-state index is 4.53. The smallest absolute Gasteiger partial charge is 0.132 e. The lowest BCUT2D eigenvalue weighted by atomic mass is 9.85. The second-order valence-electron chi connectivity index (χ2n) is 5.01. The molecule has 2 rings (SSSR count). The molecule has 4 nitrogen and oxygen atoms in total. The SMILES string of the molecule is CCCNc1cc(NCC2CCC2)nc(CC)n1. The van der Waals surface area contributed by atoms with E-state index in [1.807, 2.05) is 6.07 Å². The van der Waals surface area contributed by atoms with Crippen LogP contribution in [0.1, 0.15) is 45.4 Å². The lowest BCUT2D eigenvalue weighted by molar-refractivity contribution is 0.333. The molecule has 100 valence electrons. The molecule has 0 atom stereocenters. The van der Waals surface area contributed by atoms with Crippen molar-refractivity contribution in [2.24, 2.45) is 5.92 Å². The molecular weight excluding hydrogens is 224 g/mol. The van der Waals surface area contributed by atoms with Gasteiger partial charge in [-0.2, -0.15) is 0 Å². The molecule has 1 saturated carbocycles. The average molecular weight is 248 g/mol. The fourth-order valence-corrected chi connectivity index (χ4v) is 2.04. The summed E-state index contributed by atoms with van der Waals surface area (Å²) in [5, 5.41) is 6.78. The summed E-state index contributed by atoms with van der Waals surface area (Å²) in [6.07, 6.45) is 6.09. The van der Waals surface area contributed by atoms with Crippen molar-refractivity contribution in [1.82, 2.24) is 9.97 Å². The molecule has 0 bridgehead atoms. The third kappa shape index (κ3) is 3.59. The van der Waals surface area contributed by atoms with Crippen molar-refractivity contribution in [2.75, 3.05) is 23.7 Å². The van der Waals surface area contributed by atoms with Gasteiger partial charge in [-0.25, -0.2) is 9.97 Å². The van der Waals surface area contributed by atoms with Crippen LogP contribution in [0.3, 0.4) is 0 Å². The standard InChI is InChI=1S/C14H24N4/c1-3-8-15-13-9-14(18-12(4-2)17-13)16-10-11-6-5-7-11/h9,11H,3-8,10H2,1-2H3,(H2,15,16,17,18). The summed E-state index contributed by atoms with van der Waals surface area (Å²) in [6, 6.07) is 2.02. The van der Waals surface area contributed by atoms with Crippen molar-refractivity contribution in [2.45, 2.75) is 46.0 Å². The fraction of sp³-hybridized carbons (Fsp3) is 0.714. The molecule has 0 unspecified atom stereocenters. The molecule has 0 saturated heterocycles. The quantitative estimate of drug-likeness (QED) is 0.778. The summed E-state index contributed by atoms with van der Waals surface area (Å²) in [4.78, 5) is 9.02. The molecule has 18 heavy (non-hydrogen) atoms. The highest BCUT2D eigenvalue weighted by molar-refractivity contribution is 5.47. The Kier molecular flexibility index (Phi) is 4.79. The van der Waals surface area contributed by atoms with Crippen LogP contribution in [0.2, 0.25) is 0 Å². The van der Waals surface area contributed by atoms with Crippen LogP contribution < -0.4 is 10.6 Å². The molecule has 1 aliphatic carbocycles. The summed E-state index contributed by atoms with van der Waals surface area (Å²) < 4.78 is 0. The van der Waals surface area contributed by atoms with E-state index < -0.39 is 0 Å². The number of aromatic nitrogens is 2. The molecule has 0 amide bonds. The third-order valence-electron chi connectivity index (χ3n) is 3.44. The van der Waals surface area contributed by atoms with Gasteiger partial charge in [-0.05, 0) is 25.2 Å². The molecule has 1 fully saturated rings. The van der Waals surface area contributed by atoms with Crippen LogP contribution in [0.25, 0.3) is 0 Å². The first-order valence-electron chi connectivity index (χ1n) is 7.17. The third-order valence-corrected chi connectivity index (χ3v) is 3.44. The van der Waals surface area contributed by atoms with Crippen LogP contribution in [-0.4, -0.2) is 23.1 Å². The van der Waals surface area contributed by atoms with Crippen molar-refractivity contribution in [3.63, 3.8) is 0 Å². The van der Waals surface area contributed by atoms with Crippen LogP contribution in [0.15, 0.2) is 6.07 Å². The molecule has 0 aliphatic heterocycles. The summed E-state index contributed by atoms with van der Waals surface area (Å²) in [7, 11) is 0. The first-order chi connectivity index (χ1) is 8.81. The van der Waals surface area contributed by atoms with E-state index >= 15 is 0 Å². The van der Waals surface area contributed by atoms with Crippen LogP contribution >= 0.6 is 0 Å². The number of nitrogens with zero attached hydrogens (tertiary/aromatic N) is 2. The molecule has 1 aromatic heterocycles. The second-order valence-corrected chi connectivity index (χ2v) is 5.01. The van der Waals surface area contributed by atoms with Crippen molar-refractivity contribution in [1.29, 1.82) is 0 Å². The molecule has 1 heterocycles. The van der Waals surface area contributed by atoms with Gasteiger partial charge in [0.25, 0.3) is 0 Å². The van der Waals surface area contributed by atoms with Gasteiger partial charge in [0.2, 0.25) is 0 Å². The summed E-state index contributed by atoms with van der Waals surface area (Å²) >= 11 is 0. The molecule has 0 radical (unpaired) electrons. The second kappa shape index (κ2) is 6.57. The van der Waals surface area contributed by atoms with Gasteiger partial charge in [-0.3, -0.25) is 0 Å². The van der Waals surface area contributed by atoms with Crippen LogP contribution in [0.4, 0.5) is 11.6 Å².